The van der Waals surface area contributed by atoms with Gasteiger partial charge in [-0.1, -0.05) is 121 Å². The lowest BCUT2D eigenvalue weighted by Gasteiger charge is -2.13. The molecule has 0 aliphatic rings. The van der Waals surface area contributed by atoms with E-state index in [0.717, 1.165) is 66.7 Å². The lowest BCUT2D eigenvalue weighted by atomic mass is 9.92. The summed E-state index contributed by atoms with van der Waals surface area (Å²) in [4.78, 5) is 9.56. The largest absolute Gasteiger partial charge is 0.285 e. The molecule has 0 radical (unpaired) electrons. The number of pyridine rings is 3. The molecular formula is C45H39N3. The molecule has 0 N–H and O–H groups in total. The summed E-state index contributed by atoms with van der Waals surface area (Å²) in [6.45, 7) is 0. The Kier molecular flexibility index (Phi) is 9.85. The Hall–Kier alpha value is -5.67. The molecule has 0 saturated heterocycles. The monoisotopic (exact) mass is 621 g/mol. The van der Waals surface area contributed by atoms with Crippen LogP contribution in [0.4, 0.5) is 0 Å². The molecule has 3 aromatic heterocycles. The van der Waals surface area contributed by atoms with Crippen LogP contribution in [0.2, 0.25) is 0 Å². The van der Waals surface area contributed by atoms with E-state index >= 15 is 0 Å². The van der Waals surface area contributed by atoms with E-state index in [0.29, 0.717) is 0 Å². The molecule has 234 valence electrons. The van der Waals surface area contributed by atoms with E-state index in [9.17, 15) is 0 Å². The molecule has 0 fully saturated rings. The molecule has 0 aliphatic heterocycles. The third-order valence-electron chi connectivity index (χ3n) is 8.97. The highest BCUT2D eigenvalue weighted by atomic mass is 14.9. The normalized spacial score (nSPS) is 11.0. The van der Waals surface area contributed by atoms with E-state index in [4.69, 9.17) is 9.97 Å². The molecule has 7 rings (SSSR count). The Morgan fingerprint density at radius 1 is 0.438 bits per heavy atom. The predicted molar refractivity (Wildman–Crippen MR) is 195 cm³/mol. The second kappa shape index (κ2) is 15.3. The molecule has 0 bridgehead atoms. The molecule has 0 aliphatic carbocycles. The van der Waals surface area contributed by atoms with E-state index in [-0.39, 0.29) is 0 Å². The molecule has 4 aromatic carbocycles. The van der Waals surface area contributed by atoms with Crippen molar-refractivity contribution in [2.24, 2.45) is 0 Å². The highest BCUT2D eigenvalue weighted by Crippen LogP contribution is 2.22. The van der Waals surface area contributed by atoms with Crippen LogP contribution in [0.15, 0.2) is 164 Å². The van der Waals surface area contributed by atoms with Gasteiger partial charge in [0.2, 0.25) is 0 Å². The molecule has 48 heavy (non-hydrogen) atoms. The average molecular weight is 622 g/mol. The number of hydrogen-bond donors (Lipinski definition) is 0. The van der Waals surface area contributed by atoms with Crippen LogP contribution >= 0.6 is 0 Å². The van der Waals surface area contributed by atoms with Gasteiger partial charge in [0, 0.05) is 23.5 Å². The number of benzene rings is 4. The maximum Gasteiger partial charge on any atom is 0.152 e. The fourth-order valence-electron chi connectivity index (χ4n) is 6.24. The minimum Gasteiger partial charge on any atom is -0.285 e. The van der Waals surface area contributed by atoms with Crippen molar-refractivity contribution < 1.29 is 4.57 Å². The van der Waals surface area contributed by atoms with E-state index in [1.54, 1.807) is 0 Å². The molecule has 0 atom stereocenters. The van der Waals surface area contributed by atoms with Gasteiger partial charge in [-0.25, -0.2) is 0 Å². The van der Waals surface area contributed by atoms with Crippen molar-refractivity contribution in [3.8, 4) is 28.2 Å². The van der Waals surface area contributed by atoms with Crippen LogP contribution in [0.3, 0.4) is 0 Å². The van der Waals surface area contributed by atoms with Gasteiger partial charge in [0.05, 0.1) is 17.6 Å². The van der Waals surface area contributed by atoms with Gasteiger partial charge in [-0.05, 0) is 90.6 Å². The molecule has 0 spiro atoms. The summed E-state index contributed by atoms with van der Waals surface area (Å²) in [5.41, 5.74) is 13.6. The van der Waals surface area contributed by atoms with Crippen LogP contribution < -0.4 is 4.57 Å². The molecule has 3 nitrogen and oxygen atoms in total. The Labute approximate surface area is 284 Å². The predicted octanol–water partition coefficient (Wildman–Crippen LogP) is 9.24. The average Bonchev–Trinajstić information content (AvgIpc) is 3.17. The number of nitrogens with zero attached hydrogens (tertiary/aromatic N) is 3. The lowest BCUT2D eigenvalue weighted by Crippen LogP contribution is -2.29. The summed E-state index contributed by atoms with van der Waals surface area (Å²) in [6.07, 6.45) is 15.3. The molecular weight excluding hydrogens is 583 g/mol. The van der Waals surface area contributed by atoms with Crippen molar-refractivity contribution in [2.75, 3.05) is 0 Å². The van der Waals surface area contributed by atoms with E-state index < -0.39 is 0 Å². The highest BCUT2D eigenvalue weighted by Gasteiger charge is 2.09. The first-order valence-electron chi connectivity index (χ1n) is 16.9. The van der Waals surface area contributed by atoms with Gasteiger partial charge in [0.15, 0.2) is 6.20 Å². The van der Waals surface area contributed by atoms with Gasteiger partial charge in [0.25, 0.3) is 0 Å². The van der Waals surface area contributed by atoms with Crippen LogP contribution in [0.5, 0.6) is 0 Å². The van der Waals surface area contributed by atoms with Crippen LogP contribution in [0.25, 0.3) is 28.2 Å². The van der Waals surface area contributed by atoms with Crippen LogP contribution in [0, 0.1) is 6.20 Å². The Bertz CT molecular complexity index is 2040. The molecule has 0 unspecified atom stereocenters. The molecule has 3 heteroatoms. The lowest BCUT2D eigenvalue weighted by molar-refractivity contribution is -0.600. The van der Waals surface area contributed by atoms with Crippen LogP contribution in [-0.2, 0) is 38.5 Å². The molecule has 7 aromatic rings. The van der Waals surface area contributed by atoms with Crippen molar-refractivity contribution in [3.05, 3.63) is 204 Å². The Balaban J connectivity index is 1.06. The fraction of sp³-hybridized carbons (Fsp3) is 0.133. The van der Waals surface area contributed by atoms with Crippen molar-refractivity contribution in [1.29, 1.82) is 0 Å². The maximum absolute atomic E-state index is 4.79. The van der Waals surface area contributed by atoms with E-state index in [1.165, 1.54) is 33.4 Å². The molecule has 3 heterocycles. The van der Waals surface area contributed by atoms with Crippen molar-refractivity contribution >= 4 is 0 Å². The minimum atomic E-state index is 0.957. The number of hydrogen-bond acceptors (Lipinski definition) is 2. The first kappa shape index (κ1) is 31.0. The summed E-state index contributed by atoms with van der Waals surface area (Å²) in [6, 6.07) is 51.4. The van der Waals surface area contributed by atoms with E-state index in [1.807, 2.05) is 53.5 Å². The van der Waals surface area contributed by atoms with Gasteiger partial charge in [-0.15, -0.1) is 6.07 Å². The summed E-state index contributed by atoms with van der Waals surface area (Å²) in [7, 11) is 0. The summed E-state index contributed by atoms with van der Waals surface area (Å²) in [5.74, 6) is 0. The Morgan fingerprint density at radius 2 is 1.02 bits per heavy atom. The summed E-state index contributed by atoms with van der Waals surface area (Å²) >= 11 is 0. The fourth-order valence-corrected chi connectivity index (χ4v) is 6.24. The summed E-state index contributed by atoms with van der Waals surface area (Å²) in [5, 5.41) is 0. The van der Waals surface area contributed by atoms with E-state index in [2.05, 4.69) is 121 Å². The SMILES string of the molecule is [c-]1cccc[n+]1-c1cccc(CCc2ccc(CCc3ccc(-c4ccccc4)nc3)c(CCc3ccc(-c4ccccc4)nc3)c2)c1. The van der Waals surface area contributed by atoms with Crippen molar-refractivity contribution in [1.82, 2.24) is 9.97 Å². The second-order valence-electron chi connectivity index (χ2n) is 12.3. The third kappa shape index (κ3) is 8.00. The second-order valence-corrected chi connectivity index (χ2v) is 12.3. The topological polar surface area (TPSA) is 29.7 Å². The van der Waals surface area contributed by atoms with Gasteiger partial charge in [-0.2, -0.15) is 0 Å². The number of rotatable bonds is 12. The van der Waals surface area contributed by atoms with Gasteiger partial charge in [0.1, 0.15) is 5.69 Å². The maximum atomic E-state index is 4.79. The molecule has 0 saturated carbocycles. The van der Waals surface area contributed by atoms with Crippen molar-refractivity contribution in [3.63, 3.8) is 0 Å². The minimum absolute atomic E-state index is 0.957. The quantitative estimate of drug-likeness (QED) is 0.101. The number of aryl methyl sites for hydroxylation is 6. The van der Waals surface area contributed by atoms with Gasteiger partial charge in [-0.3, -0.25) is 14.5 Å². The van der Waals surface area contributed by atoms with Crippen LogP contribution in [-0.4, -0.2) is 9.97 Å². The smallest absolute Gasteiger partial charge is 0.152 e. The first-order valence-corrected chi connectivity index (χ1v) is 16.9. The van der Waals surface area contributed by atoms with Crippen molar-refractivity contribution in [2.45, 2.75) is 38.5 Å². The zero-order valence-electron chi connectivity index (χ0n) is 27.2. The third-order valence-corrected chi connectivity index (χ3v) is 8.97. The van der Waals surface area contributed by atoms with Crippen LogP contribution in [0.1, 0.15) is 33.4 Å². The van der Waals surface area contributed by atoms with Gasteiger partial charge < -0.3 is 0 Å². The highest BCUT2D eigenvalue weighted by molar-refractivity contribution is 5.59. The summed E-state index contributed by atoms with van der Waals surface area (Å²) < 4.78 is 2.04. The Morgan fingerprint density at radius 3 is 1.60 bits per heavy atom. The first-order chi connectivity index (χ1) is 23.8. The molecule has 0 amide bonds. The standard InChI is InChI=1S/C45H39N3/c1-4-12-40(13-5-1)44-27-22-37(33-46-44)20-25-39-24-19-36(18-17-35-11-10-16-43(32-35)48-29-8-3-9-30-48)31-42(39)26-21-38-23-28-45(47-34-38)41-14-6-2-7-15-41/h1-16,19,22-24,27-29,31-34H,17-18,20-21,25-26H2. The zero-order chi connectivity index (χ0) is 32.4. The zero-order valence-corrected chi connectivity index (χ0v) is 27.2. The number of aromatic nitrogens is 3. The van der Waals surface area contributed by atoms with Gasteiger partial charge >= 0.3 is 0 Å².